The first-order valence-electron chi connectivity index (χ1n) is 8.05. The van der Waals surface area contributed by atoms with Crippen molar-refractivity contribution >= 4 is 10.8 Å². The third-order valence-corrected chi connectivity index (χ3v) is 4.31. The van der Waals surface area contributed by atoms with Crippen molar-refractivity contribution in [3.8, 4) is 11.5 Å². The third kappa shape index (κ3) is 2.32. The molecular formula is C18H22N2O2. The third-order valence-electron chi connectivity index (χ3n) is 4.31. The number of hydrogen-bond acceptors (Lipinski definition) is 4. The van der Waals surface area contributed by atoms with Gasteiger partial charge < -0.3 is 10.2 Å². The minimum absolute atomic E-state index is 0.0870. The van der Waals surface area contributed by atoms with Gasteiger partial charge in [-0.05, 0) is 12.8 Å². The number of phenols is 2. The summed E-state index contributed by atoms with van der Waals surface area (Å²) in [4.78, 5) is 9.48. The van der Waals surface area contributed by atoms with E-state index in [0.29, 0.717) is 21.5 Å². The van der Waals surface area contributed by atoms with Crippen molar-refractivity contribution < 1.29 is 10.2 Å². The van der Waals surface area contributed by atoms with Crippen molar-refractivity contribution in [1.82, 2.24) is 0 Å². The summed E-state index contributed by atoms with van der Waals surface area (Å²) >= 11 is 0. The molecule has 0 amide bonds. The SMILES string of the molecule is CCCC1N=c2c(O)c3ccccc3c(O)c2=NC1CCC. The highest BCUT2D eigenvalue weighted by Gasteiger charge is 2.24. The van der Waals surface area contributed by atoms with Crippen LogP contribution >= 0.6 is 0 Å². The predicted molar refractivity (Wildman–Crippen MR) is 87.0 cm³/mol. The highest BCUT2D eigenvalue weighted by Crippen LogP contribution is 2.27. The van der Waals surface area contributed by atoms with E-state index in [1.54, 1.807) is 12.1 Å². The summed E-state index contributed by atoms with van der Waals surface area (Å²) in [6.07, 6.45) is 3.94. The summed E-state index contributed by atoms with van der Waals surface area (Å²) in [5, 5.41) is 23.3. The molecule has 22 heavy (non-hydrogen) atoms. The van der Waals surface area contributed by atoms with Crippen LogP contribution in [0.1, 0.15) is 39.5 Å². The topological polar surface area (TPSA) is 65.2 Å². The first-order valence-corrected chi connectivity index (χ1v) is 8.05. The standard InChI is InChI=1S/C18H22N2O2/c1-3-7-13-14(8-4-2)20-16-15(19-13)17(21)11-9-5-6-10-12(11)18(16)22/h5-6,9-10,13-14,21-22H,3-4,7-8H2,1-2H3. The number of aromatic hydroxyl groups is 2. The molecule has 0 bridgehead atoms. The van der Waals surface area contributed by atoms with Gasteiger partial charge in [0.15, 0.2) is 11.5 Å². The molecule has 2 aromatic rings. The van der Waals surface area contributed by atoms with Gasteiger partial charge >= 0.3 is 0 Å². The summed E-state index contributed by atoms with van der Waals surface area (Å²) in [6.45, 7) is 4.26. The van der Waals surface area contributed by atoms with Crippen LogP contribution in [0.15, 0.2) is 34.3 Å². The van der Waals surface area contributed by atoms with Crippen LogP contribution in [0.5, 0.6) is 11.5 Å². The average molecular weight is 298 g/mol. The van der Waals surface area contributed by atoms with Crippen LogP contribution in [-0.2, 0) is 0 Å². The molecule has 2 atom stereocenters. The fourth-order valence-corrected chi connectivity index (χ4v) is 3.23. The smallest absolute Gasteiger partial charge is 0.151 e. The van der Waals surface area contributed by atoms with Gasteiger partial charge in [0.1, 0.15) is 10.7 Å². The summed E-state index contributed by atoms with van der Waals surface area (Å²) in [5.41, 5.74) is 0. The monoisotopic (exact) mass is 298 g/mol. The first-order chi connectivity index (χ1) is 10.7. The van der Waals surface area contributed by atoms with E-state index in [2.05, 4.69) is 13.8 Å². The Morgan fingerprint density at radius 1 is 0.818 bits per heavy atom. The van der Waals surface area contributed by atoms with Crippen molar-refractivity contribution in [3.05, 3.63) is 35.0 Å². The van der Waals surface area contributed by atoms with E-state index in [9.17, 15) is 10.2 Å². The van der Waals surface area contributed by atoms with E-state index < -0.39 is 0 Å². The van der Waals surface area contributed by atoms with Crippen LogP contribution in [0.25, 0.3) is 10.8 Å². The van der Waals surface area contributed by atoms with Crippen molar-refractivity contribution in [3.63, 3.8) is 0 Å². The highest BCUT2D eigenvalue weighted by molar-refractivity contribution is 5.92. The second-order valence-electron chi connectivity index (χ2n) is 5.91. The molecule has 0 aromatic heterocycles. The molecular weight excluding hydrogens is 276 g/mol. The Hall–Kier alpha value is -2.10. The van der Waals surface area contributed by atoms with Crippen LogP contribution in [-0.4, -0.2) is 22.3 Å². The Kier molecular flexibility index (Phi) is 4.01. The molecule has 0 fully saturated rings. The normalized spacial score (nSPS) is 20.3. The molecule has 0 saturated heterocycles. The van der Waals surface area contributed by atoms with Gasteiger partial charge in [-0.1, -0.05) is 51.0 Å². The maximum Gasteiger partial charge on any atom is 0.151 e. The zero-order valence-corrected chi connectivity index (χ0v) is 13.1. The van der Waals surface area contributed by atoms with Crippen molar-refractivity contribution in [2.45, 2.75) is 51.6 Å². The maximum absolute atomic E-state index is 10.6. The van der Waals surface area contributed by atoms with Gasteiger partial charge in [-0.25, -0.2) is 0 Å². The zero-order chi connectivity index (χ0) is 15.7. The van der Waals surface area contributed by atoms with Crippen molar-refractivity contribution in [1.29, 1.82) is 0 Å². The van der Waals surface area contributed by atoms with Gasteiger partial charge in [0.2, 0.25) is 0 Å². The predicted octanol–water partition coefficient (Wildman–Crippen LogP) is 2.84. The number of benzene rings is 2. The Morgan fingerprint density at radius 2 is 1.23 bits per heavy atom. The maximum atomic E-state index is 10.6. The first kappa shape index (κ1) is 14.8. The van der Waals surface area contributed by atoms with Crippen LogP contribution in [0.4, 0.5) is 0 Å². The Labute approximate surface area is 129 Å². The van der Waals surface area contributed by atoms with Gasteiger partial charge in [0.25, 0.3) is 0 Å². The van der Waals surface area contributed by atoms with Crippen molar-refractivity contribution in [2.24, 2.45) is 9.98 Å². The molecule has 0 aliphatic carbocycles. The molecule has 0 spiro atoms. The fourth-order valence-electron chi connectivity index (χ4n) is 3.23. The molecule has 2 unspecified atom stereocenters. The molecule has 4 nitrogen and oxygen atoms in total. The molecule has 116 valence electrons. The Bertz CT molecular complexity index is 745. The number of rotatable bonds is 4. The van der Waals surface area contributed by atoms with Gasteiger partial charge in [-0.2, -0.15) is 0 Å². The summed E-state index contributed by atoms with van der Waals surface area (Å²) in [6, 6.07) is 7.46. The number of hydrogen-bond donors (Lipinski definition) is 2. The average Bonchev–Trinajstić information content (AvgIpc) is 2.54. The molecule has 2 aromatic carbocycles. The lowest BCUT2D eigenvalue weighted by molar-refractivity contribution is 0.410. The van der Waals surface area contributed by atoms with Crippen LogP contribution in [0.3, 0.4) is 0 Å². The van der Waals surface area contributed by atoms with E-state index >= 15 is 0 Å². The number of fused-ring (bicyclic) bond motifs is 2. The molecule has 0 saturated carbocycles. The van der Waals surface area contributed by atoms with E-state index in [4.69, 9.17) is 9.98 Å². The van der Waals surface area contributed by atoms with Gasteiger partial charge in [-0.3, -0.25) is 9.98 Å². The summed E-state index contributed by atoms with van der Waals surface area (Å²) in [7, 11) is 0. The lowest BCUT2D eigenvalue weighted by Gasteiger charge is -2.23. The van der Waals surface area contributed by atoms with Crippen molar-refractivity contribution in [2.75, 3.05) is 0 Å². The molecule has 0 radical (unpaired) electrons. The van der Waals surface area contributed by atoms with E-state index in [0.717, 1.165) is 25.7 Å². The number of phenolic OH excluding ortho intramolecular Hbond substituents is 2. The van der Waals surface area contributed by atoms with Gasteiger partial charge in [-0.15, -0.1) is 0 Å². The minimum Gasteiger partial charge on any atom is -0.505 e. The molecule has 3 rings (SSSR count). The summed E-state index contributed by atoms with van der Waals surface area (Å²) in [5.74, 6) is 0.256. The van der Waals surface area contributed by atoms with Crippen LogP contribution < -0.4 is 10.7 Å². The highest BCUT2D eigenvalue weighted by atomic mass is 16.3. The Morgan fingerprint density at radius 3 is 1.59 bits per heavy atom. The Balaban J connectivity index is 2.32. The molecule has 1 aliphatic heterocycles. The molecule has 2 N–H and O–H groups in total. The second-order valence-corrected chi connectivity index (χ2v) is 5.91. The summed E-state index contributed by atoms with van der Waals surface area (Å²) < 4.78 is 0. The quantitative estimate of drug-likeness (QED) is 0.852. The molecule has 1 heterocycles. The zero-order valence-electron chi connectivity index (χ0n) is 13.1. The minimum atomic E-state index is 0.0870. The van der Waals surface area contributed by atoms with Crippen LogP contribution in [0, 0.1) is 0 Å². The van der Waals surface area contributed by atoms with E-state index in [1.165, 1.54) is 0 Å². The van der Waals surface area contributed by atoms with E-state index in [-0.39, 0.29) is 23.6 Å². The van der Waals surface area contributed by atoms with Gasteiger partial charge in [0, 0.05) is 10.8 Å². The number of nitrogens with zero attached hydrogens (tertiary/aromatic N) is 2. The van der Waals surface area contributed by atoms with Crippen LogP contribution in [0.2, 0.25) is 0 Å². The van der Waals surface area contributed by atoms with Gasteiger partial charge in [0.05, 0.1) is 12.1 Å². The molecule has 4 heteroatoms. The molecule has 1 aliphatic rings. The fraction of sp³-hybridized carbons (Fsp3) is 0.444. The largest absolute Gasteiger partial charge is 0.505 e. The second kappa shape index (κ2) is 5.95. The lowest BCUT2D eigenvalue weighted by atomic mass is 9.97. The lowest BCUT2D eigenvalue weighted by Crippen LogP contribution is -2.39. The van der Waals surface area contributed by atoms with E-state index in [1.807, 2.05) is 12.1 Å².